The van der Waals surface area contributed by atoms with E-state index in [0.717, 1.165) is 17.0 Å². The third-order valence-electron chi connectivity index (χ3n) is 2.82. The number of rotatable bonds is 5. The van der Waals surface area contributed by atoms with Crippen LogP contribution in [-0.2, 0) is 23.1 Å². The van der Waals surface area contributed by atoms with E-state index in [-0.39, 0.29) is 11.5 Å². The van der Waals surface area contributed by atoms with E-state index in [1.54, 1.807) is 6.92 Å². The summed E-state index contributed by atoms with van der Waals surface area (Å²) in [4.78, 5) is 6.79. The second-order valence-electron chi connectivity index (χ2n) is 4.27. The van der Waals surface area contributed by atoms with E-state index >= 15 is 0 Å². The predicted molar refractivity (Wildman–Crippen MR) is 82.0 cm³/mol. The van der Waals surface area contributed by atoms with E-state index in [1.807, 2.05) is 13.8 Å². The zero-order valence-corrected chi connectivity index (χ0v) is 13.9. The maximum Gasteiger partial charge on any atom is 0.264 e. The summed E-state index contributed by atoms with van der Waals surface area (Å²) in [6.07, 6.45) is 0.774. The van der Waals surface area contributed by atoms with E-state index in [4.69, 9.17) is 5.11 Å². The lowest BCUT2D eigenvalue weighted by atomic mass is 10.3. The molecule has 8 heteroatoms. The van der Waals surface area contributed by atoms with Crippen LogP contribution in [0.3, 0.4) is 0 Å². The van der Waals surface area contributed by atoms with E-state index in [0.29, 0.717) is 14.9 Å². The summed E-state index contributed by atoms with van der Waals surface area (Å²) in [5.41, 5.74) is 0.908. The minimum Gasteiger partial charge on any atom is -0.391 e. The van der Waals surface area contributed by atoms with Crippen molar-refractivity contribution in [3.8, 4) is 0 Å². The van der Waals surface area contributed by atoms with Crippen molar-refractivity contribution >= 4 is 37.8 Å². The highest BCUT2D eigenvalue weighted by Gasteiger charge is 2.21. The Kier molecular flexibility index (Phi) is 4.48. The van der Waals surface area contributed by atoms with Crippen LogP contribution in [0.4, 0.5) is 5.13 Å². The summed E-state index contributed by atoms with van der Waals surface area (Å²) >= 11 is 2.61. The first-order valence-electron chi connectivity index (χ1n) is 6.06. The number of aromatic nitrogens is 1. The standard InChI is InChI=1S/C12H16N2O3S3/c1-4-10-7(2)19-12(13-10)14-20(16,17)11-5-9(6-15)18-8(11)3/h5,15H,4,6H2,1-3H3,(H,13,14). The highest BCUT2D eigenvalue weighted by atomic mass is 32.2. The molecule has 0 fully saturated rings. The normalized spacial score (nSPS) is 11.8. The number of anilines is 1. The van der Waals surface area contributed by atoms with Gasteiger partial charge in [-0.05, 0) is 26.3 Å². The maximum atomic E-state index is 12.3. The highest BCUT2D eigenvalue weighted by molar-refractivity contribution is 7.93. The number of hydrogen-bond donors (Lipinski definition) is 2. The van der Waals surface area contributed by atoms with E-state index in [9.17, 15) is 8.42 Å². The Balaban J connectivity index is 2.32. The molecule has 2 heterocycles. The summed E-state index contributed by atoms with van der Waals surface area (Å²) < 4.78 is 27.2. The smallest absolute Gasteiger partial charge is 0.264 e. The monoisotopic (exact) mass is 332 g/mol. The lowest BCUT2D eigenvalue weighted by molar-refractivity contribution is 0.285. The van der Waals surface area contributed by atoms with Gasteiger partial charge in [0.1, 0.15) is 4.90 Å². The number of aliphatic hydroxyl groups excluding tert-OH is 1. The molecule has 0 aliphatic heterocycles. The van der Waals surface area contributed by atoms with Crippen LogP contribution in [0.5, 0.6) is 0 Å². The van der Waals surface area contributed by atoms with Gasteiger partial charge in [-0.1, -0.05) is 6.92 Å². The number of nitrogens with one attached hydrogen (secondary N) is 1. The van der Waals surface area contributed by atoms with Gasteiger partial charge in [-0.25, -0.2) is 13.4 Å². The van der Waals surface area contributed by atoms with Gasteiger partial charge in [-0.15, -0.1) is 22.7 Å². The molecule has 0 unspecified atom stereocenters. The fourth-order valence-electron chi connectivity index (χ4n) is 1.84. The van der Waals surface area contributed by atoms with Crippen LogP contribution in [0.25, 0.3) is 0 Å². The Morgan fingerprint density at radius 1 is 1.30 bits per heavy atom. The van der Waals surface area contributed by atoms with Gasteiger partial charge in [0, 0.05) is 14.6 Å². The van der Waals surface area contributed by atoms with Crippen molar-refractivity contribution in [2.24, 2.45) is 0 Å². The van der Waals surface area contributed by atoms with Crippen LogP contribution in [0.1, 0.15) is 27.2 Å². The molecule has 2 N–H and O–H groups in total. The molecule has 0 saturated heterocycles. The minimum absolute atomic E-state index is 0.155. The first-order valence-corrected chi connectivity index (χ1v) is 9.18. The minimum atomic E-state index is -3.65. The second kappa shape index (κ2) is 5.80. The average Bonchev–Trinajstić information content (AvgIpc) is 2.92. The molecule has 2 aromatic rings. The topological polar surface area (TPSA) is 79.3 Å². The van der Waals surface area contributed by atoms with Crippen molar-refractivity contribution in [2.45, 2.75) is 38.7 Å². The lowest BCUT2D eigenvalue weighted by Gasteiger charge is -2.03. The van der Waals surface area contributed by atoms with Crippen LogP contribution in [-0.4, -0.2) is 18.5 Å². The molecule has 2 aromatic heterocycles. The van der Waals surface area contributed by atoms with Gasteiger partial charge in [0.2, 0.25) is 0 Å². The maximum absolute atomic E-state index is 12.3. The molecule has 0 aromatic carbocycles. The summed E-state index contributed by atoms with van der Waals surface area (Å²) in [5.74, 6) is 0. The molecule has 0 aliphatic carbocycles. The quantitative estimate of drug-likeness (QED) is 0.882. The number of thiophene rings is 1. The van der Waals surface area contributed by atoms with Gasteiger partial charge in [0.15, 0.2) is 5.13 Å². The molecule has 0 aliphatic rings. The van der Waals surface area contributed by atoms with Gasteiger partial charge in [-0.3, -0.25) is 4.72 Å². The summed E-state index contributed by atoms with van der Waals surface area (Å²) in [7, 11) is -3.65. The Labute approximate surface area is 126 Å². The van der Waals surface area contributed by atoms with E-state index in [1.165, 1.54) is 28.7 Å². The van der Waals surface area contributed by atoms with Gasteiger partial charge in [0.25, 0.3) is 10.0 Å². The molecule has 0 bridgehead atoms. The molecule has 0 spiro atoms. The first kappa shape index (κ1) is 15.4. The second-order valence-corrected chi connectivity index (χ2v) is 8.47. The molecule has 0 atom stereocenters. The van der Waals surface area contributed by atoms with Crippen LogP contribution in [0.2, 0.25) is 0 Å². The first-order chi connectivity index (χ1) is 9.37. The van der Waals surface area contributed by atoms with Gasteiger partial charge in [0.05, 0.1) is 12.3 Å². The van der Waals surface area contributed by atoms with Crippen LogP contribution < -0.4 is 4.72 Å². The molecule has 0 radical (unpaired) electrons. The fourth-order valence-corrected chi connectivity index (χ4v) is 5.47. The zero-order valence-electron chi connectivity index (χ0n) is 11.4. The molecule has 110 valence electrons. The number of nitrogens with zero attached hydrogens (tertiary/aromatic N) is 1. The van der Waals surface area contributed by atoms with Crippen molar-refractivity contribution in [1.82, 2.24) is 4.98 Å². The van der Waals surface area contributed by atoms with Crippen molar-refractivity contribution in [2.75, 3.05) is 4.72 Å². The third kappa shape index (κ3) is 3.03. The fraction of sp³-hybridized carbons (Fsp3) is 0.417. The SMILES string of the molecule is CCc1nc(NS(=O)(=O)c2cc(CO)sc2C)sc1C. The van der Waals surface area contributed by atoms with Crippen LogP contribution in [0, 0.1) is 13.8 Å². The van der Waals surface area contributed by atoms with Crippen molar-refractivity contribution in [1.29, 1.82) is 0 Å². The summed E-state index contributed by atoms with van der Waals surface area (Å²) in [6, 6.07) is 1.50. The van der Waals surface area contributed by atoms with Gasteiger partial charge >= 0.3 is 0 Å². The van der Waals surface area contributed by atoms with Crippen molar-refractivity contribution < 1.29 is 13.5 Å². The molecule has 0 saturated carbocycles. The molecule has 2 rings (SSSR count). The molecule has 20 heavy (non-hydrogen) atoms. The van der Waals surface area contributed by atoms with Crippen molar-refractivity contribution in [3.05, 3.63) is 26.4 Å². The Morgan fingerprint density at radius 3 is 2.50 bits per heavy atom. The largest absolute Gasteiger partial charge is 0.391 e. The summed E-state index contributed by atoms with van der Waals surface area (Å²) in [6.45, 7) is 5.48. The van der Waals surface area contributed by atoms with Gasteiger partial charge < -0.3 is 5.11 Å². The zero-order chi connectivity index (χ0) is 14.9. The van der Waals surface area contributed by atoms with E-state index in [2.05, 4.69) is 9.71 Å². The number of aryl methyl sites for hydroxylation is 3. The number of hydrogen-bond acceptors (Lipinski definition) is 6. The predicted octanol–water partition coefficient (Wildman–Crippen LogP) is 2.68. The molecule has 0 amide bonds. The Morgan fingerprint density at radius 2 is 2.00 bits per heavy atom. The number of thiazole rings is 1. The van der Waals surface area contributed by atoms with Crippen LogP contribution in [0.15, 0.2) is 11.0 Å². The number of aliphatic hydroxyl groups is 1. The van der Waals surface area contributed by atoms with Crippen molar-refractivity contribution in [3.63, 3.8) is 0 Å². The number of sulfonamides is 1. The lowest BCUT2D eigenvalue weighted by Crippen LogP contribution is -2.13. The average molecular weight is 332 g/mol. The van der Waals surface area contributed by atoms with E-state index < -0.39 is 10.0 Å². The van der Waals surface area contributed by atoms with Crippen LogP contribution >= 0.6 is 22.7 Å². The summed E-state index contributed by atoms with van der Waals surface area (Å²) in [5, 5.41) is 9.47. The molecular formula is C12H16N2O3S3. The highest BCUT2D eigenvalue weighted by Crippen LogP contribution is 2.29. The Bertz CT molecular complexity index is 716. The Hall–Kier alpha value is -0.960. The van der Waals surface area contributed by atoms with Gasteiger partial charge in [-0.2, -0.15) is 0 Å². The third-order valence-corrected chi connectivity index (χ3v) is 6.51. The molecular weight excluding hydrogens is 316 g/mol. The molecule has 5 nitrogen and oxygen atoms in total.